The minimum atomic E-state index is -0.288. The number of benzene rings is 1. The number of ether oxygens (including phenoxy) is 1. The number of hydrogen-bond donors (Lipinski definition) is 1. The molecule has 3 heteroatoms. The number of carbonyl (C=O) groups excluding carboxylic acids is 1. The lowest BCUT2D eigenvalue weighted by Gasteiger charge is -2.20. The van der Waals surface area contributed by atoms with Crippen LogP contribution in [-0.2, 0) is 4.74 Å². The summed E-state index contributed by atoms with van der Waals surface area (Å²) in [6, 6.07) is 5.63. The van der Waals surface area contributed by atoms with Gasteiger partial charge < -0.3 is 10.1 Å². The third-order valence-electron chi connectivity index (χ3n) is 3.62. The van der Waals surface area contributed by atoms with E-state index in [0.717, 1.165) is 24.2 Å². The zero-order chi connectivity index (χ0) is 13.7. The highest BCUT2D eigenvalue weighted by atomic mass is 16.5. The lowest BCUT2D eigenvalue weighted by atomic mass is 9.94. The topological polar surface area (TPSA) is 38.3 Å². The van der Waals surface area contributed by atoms with Gasteiger partial charge >= 0.3 is 5.97 Å². The Labute approximate surface area is 114 Å². The van der Waals surface area contributed by atoms with E-state index in [4.69, 9.17) is 4.74 Å². The van der Waals surface area contributed by atoms with E-state index in [2.05, 4.69) is 17.5 Å². The Hall–Kier alpha value is -1.77. The Bertz CT molecular complexity index is 480. The fraction of sp³-hybridized carbons (Fsp3) is 0.438. The van der Waals surface area contributed by atoms with Crippen molar-refractivity contribution < 1.29 is 9.53 Å². The molecule has 0 amide bonds. The van der Waals surface area contributed by atoms with Crippen LogP contribution in [0.2, 0.25) is 0 Å². The van der Waals surface area contributed by atoms with Crippen molar-refractivity contribution in [2.45, 2.75) is 26.2 Å². The van der Waals surface area contributed by atoms with Crippen LogP contribution in [0.5, 0.6) is 0 Å². The molecule has 3 nitrogen and oxygen atoms in total. The predicted octanol–water partition coefficient (Wildman–Crippen LogP) is 3.55. The van der Waals surface area contributed by atoms with E-state index >= 15 is 0 Å². The fourth-order valence-corrected chi connectivity index (χ4v) is 2.35. The van der Waals surface area contributed by atoms with E-state index in [-0.39, 0.29) is 5.97 Å². The smallest absolute Gasteiger partial charge is 0.337 e. The highest BCUT2D eigenvalue weighted by molar-refractivity contribution is 5.90. The third-order valence-corrected chi connectivity index (χ3v) is 3.62. The third kappa shape index (κ3) is 3.60. The molecular formula is C16H21NO2. The van der Waals surface area contributed by atoms with Gasteiger partial charge in [-0.05, 0) is 49.8 Å². The number of hydrogen-bond acceptors (Lipinski definition) is 3. The van der Waals surface area contributed by atoms with Crippen molar-refractivity contribution in [1.29, 1.82) is 0 Å². The summed E-state index contributed by atoms with van der Waals surface area (Å²) < 4.78 is 4.75. The molecule has 1 aromatic rings. The van der Waals surface area contributed by atoms with Crippen LogP contribution in [0.15, 0.2) is 30.4 Å². The van der Waals surface area contributed by atoms with Gasteiger partial charge in [0.25, 0.3) is 0 Å². The van der Waals surface area contributed by atoms with Gasteiger partial charge in [0.1, 0.15) is 0 Å². The predicted molar refractivity (Wildman–Crippen MR) is 77.5 cm³/mol. The zero-order valence-electron chi connectivity index (χ0n) is 11.6. The van der Waals surface area contributed by atoms with E-state index in [9.17, 15) is 4.79 Å². The lowest BCUT2D eigenvalue weighted by molar-refractivity contribution is 0.0601. The average molecular weight is 259 g/mol. The first-order chi connectivity index (χ1) is 9.20. The van der Waals surface area contributed by atoms with Crippen LogP contribution in [0, 0.1) is 12.8 Å². The fourth-order valence-electron chi connectivity index (χ4n) is 2.35. The molecule has 0 spiro atoms. The number of nitrogens with one attached hydrogen (secondary N) is 1. The molecule has 0 aromatic heterocycles. The molecule has 0 radical (unpaired) electrons. The van der Waals surface area contributed by atoms with Crippen molar-refractivity contribution in [3.63, 3.8) is 0 Å². The van der Waals surface area contributed by atoms with Crippen LogP contribution in [0.1, 0.15) is 35.2 Å². The Morgan fingerprint density at radius 2 is 2.26 bits per heavy atom. The van der Waals surface area contributed by atoms with Gasteiger partial charge in [-0.3, -0.25) is 0 Å². The van der Waals surface area contributed by atoms with E-state index in [0.29, 0.717) is 11.5 Å². The van der Waals surface area contributed by atoms with Crippen molar-refractivity contribution in [1.82, 2.24) is 0 Å². The lowest BCUT2D eigenvalue weighted by Crippen LogP contribution is -2.16. The molecule has 0 heterocycles. The molecule has 0 aliphatic heterocycles. The van der Waals surface area contributed by atoms with Gasteiger partial charge in [-0.2, -0.15) is 0 Å². The zero-order valence-corrected chi connectivity index (χ0v) is 11.6. The molecule has 0 bridgehead atoms. The van der Waals surface area contributed by atoms with E-state index in [1.54, 1.807) is 6.07 Å². The summed E-state index contributed by atoms with van der Waals surface area (Å²) in [6.45, 7) is 3.00. The number of methoxy groups -OCH3 is 1. The van der Waals surface area contributed by atoms with Crippen LogP contribution < -0.4 is 5.32 Å². The van der Waals surface area contributed by atoms with E-state index in [1.807, 2.05) is 19.1 Å². The maximum Gasteiger partial charge on any atom is 0.337 e. The maximum absolute atomic E-state index is 11.5. The van der Waals surface area contributed by atoms with Crippen molar-refractivity contribution in [2.24, 2.45) is 5.92 Å². The standard InChI is InChI=1S/C16H21NO2/c1-12-8-9-14(16(18)19-2)10-15(12)17-11-13-6-4-3-5-7-13/h3-4,8-10,13,17H,5-7,11H2,1-2H3. The van der Waals surface area contributed by atoms with Gasteiger partial charge in [-0.25, -0.2) is 4.79 Å². The van der Waals surface area contributed by atoms with Crippen LogP contribution >= 0.6 is 0 Å². The van der Waals surface area contributed by atoms with Crippen LogP contribution in [0.4, 0.5) is 5.69 Å². The second-order valence-electron chi connectivity index (χ2n) is 5.05. The summed E-state index contributed by atoms with van der Waals surface area (Å²) >= 11 is 0. The van der Waals surface area contributed by atoms with Gasteiger partial charge in [0, 0.05) is 12.2 Å². The highest BCUT2D eigenvalue weighted by Crippen LogP contribution is 2.21. The monoisotopic (exact) mass is 259 g/mol. The number of carbonyl (C=O) groups is 1. The number of rotatable bonds is 4. The second kappa shape index (κ2) is 6.41. The van der Waals surface area contributed by atoms with Crippen LogP contribution in [-0.4, -0.2) is 19.6 Å². The summed E-state index contributed by atoms with van der Waals surface area (Å²) in [5.41, 5.74) is 2.77. The molecule has 19 heavy (non-hydrogen) atoms. The Kier molecular flexibility index (Phi) is 4.61. The maximum atomic E-state index is 11.5. The molecule has 1 atom stereocenters. The van der Waals surface area contributed by atoms with Gasteiger partial charge in [0.15, 0.2) is 0 Å². The summed E-state index contributed by atoms with van der Waals surface area (Å²) in [5.74, 6) is 0.398. The molecule has 0 saturated heterocycles. The van der Waals surface area contributed by atoms with E-state index in [1.165, 1.54) is 20.0 Å². The van der Waals surface area contributed by atoms with Gasteiger partial charge in [0.05, 0.1) is 12.7 Å². The second-order valence-corrected chi connectivity index (χ2v) is 5.05. The first kappa shape index (κ1) is 13.7. The SMILES string of the molecule is COC(=O)c1ccc(C)c(NCC2CC=CCC2)c1. The molecular weight excluding hydrogens is 238 g/mol. The number of aryl methyl sites for hydroxylation is 1. The molecule has 102 valence electrons. The van der Waals surface area contributed by atoms with Gasteiger partial charge in [-0.15, -0.1) is 0 Å². The molecule has 2 rings (SSSR count). The van der Waals surface area contributed by atoms with Crippen LogP contribution in [0.25, 0.3) is 0 Å². The number of allylic oxidation sites excluding steroid dienone is 2. The minimum absolute atomic E-state index is 0.288. The number of anilines is 1. The summed E-state index contributed by atoms with van der Waals surface area (Å²) in [7, 11) is 1.41. The van der Waals surface area contributed by atoms with E-state index < -0.39 is 0 Å². The Morgan fingerprint density at radius 3 is 2.95 bits per heavy atom. The molecule has 1 aromatic carbocycles. The molecule has 1 aliphatic rings. The largest absolute Gasteiger partial charge is 0.465 e. The first-order valence-electron chi connectivity index (χ1n) is 6.78. The first-order valence-corrected chi connectivity index (χ1v) is 6.78. The van der Waals surface area contributed by atoms with Crippen molar-refractivity contribution in [3.8, 4) is 0 Å². The molecule has 1 unspecified atom stereocenters. The average Bonchev–Trinajstić information content (AvgIpc) is 2.46. The highest BCUT2D eigenvalue weighted by Gasteiger charge is 2.11. The van der Waals surface area contributed by atoms with Crippen molar-refractivity contribution in [3.05, 3.63) is 41.5 Å². The normalized spacial score (nSPS) is 18.1. The van der Waals surface area contributed by atoms with Crippen LogP contribution in [0.3, 0.4) is 0 Å². The number of esters is 1. The van der Waals surface area contributed by atoms with Crippen molar-refractivity contribution >= 4 is 11.7 Å². The molecule has 0 fully saturated rings. The summed E-state index contributed by atoms with van der Waals surface area (Å²) in [5, 5.41) is 3.46. The Morgan fingerprint density at radius 1 is 1.42 bits per heavy atom. The molecule has 1 aliphatic carbocycles. The quantitative estimate of drug-likeness (QED) is 0.664. The van der Waals surface area contributed by atoms with Crippen molar-refractivity contribution in [2.75, 3.05) is 19.0 Å². The minimum Gasteiger partial charge on any atom is -0.465 e. The summed E-state index contributed by atoms with van der Waals surface area (Å²) in [4.78, 5) is 11.5. The van der Waals surface area contributed by atoms with Gasteiger partial charge in [0.2, 0.25) is 0 Å². The summed E-state index contributed by atoms with van der Waals surface area (Å²) in [6.07, 6.45) is 8.06. The van der Waals surface area contributed by atoms with Gasteiger partial charge in [-0.1, -0.05) is 18.2 Å². The molecule has 0 saturated carbocycles. The molecule has 1 N–H and O–H groups in total. The Balaban J connectivity index is 2.02.